The summed E-state index contributed by atoms with van der Waals surface area (Å²) >= 11 is 0. The molecule has 0 N–H and O–H groups in total. The Morgan fingerprint density at radius 2 is 1.82 bits per heavy atom. The Bertz CT molecular complexity index is 965. The fraction of sp³-hybridized carbons (Fsp3) is 0.238. The van der Waals surface area contributed by atoms with Gasteiger partial charge < -0.3 is 23.6 Å². The van der Waals surface area contributed by atoms with Crippen molar-refractivity contribution in [3.05, 3.63) is 59.8 Å². The van der Waals surface area contributed by atoms with Crippen LogP contribution in [0.2, 0.25) is 0 Å². The van der Waals surface area contributed by atoms with Crippen LogP contribution < -0.4 is 14.4 Å². The van der Waals surface area contributed by atoms with E-state index in [2.05, 4.69) is 5.16 Å². The van der Waals surface area contributed by atoms with Gasteiger partial charge in [-0.2, -0.15) is 0 Å². The Balaban J connectivity index is 1.68. The highest BCUT2D eigenvalue weighted by molar-refractivity contribution is 5.90. The third-order valence-corrected chi connectivity index (χ3v) is 4.18. The highest BCUT2D eigenvalue weighted by Gasteiger charge is 2.13. The molecule has 3 rings (SSSR count). The molecule has 1 heterocycles. The van der Waals surface area contributed by atoms with Gasteiger partial charge in [-0.3, -0.25) is 0 Å². The van der Waals surface area contributed by atoms with Crippen molar-refractivity contribution in [3.8, 4) is 22.8 Å². The first-order valence-corrected chi connectivity index (χ1v) is 8.64. The predicted octanol–water partition coefficient (Wildman–Crippen LogP) is 3.78. The van der Waals surface area contributed by atoms with Crippen LogP contribution in [0.1, 0.15) is 16.1 Å². The zero-order valence-corrected chi connectivity index (χ0v) is 16.3. The van der Waals surface area contributed by atoms with Crippen molar-refractivity contribution in [3.63, 3.8) is 0 Å². The molecule has 0 unspecified atom stereocenters. The normalized spacial score (nSPS) is 10.4. The smallest absolute Gasteiger partial charge is 0.338 e. The summed E-state index contributed by atoms with van der Waals surface area (Å²) in [5.41, 5.74) is 2.70. The van der Waals surface area contributed by atoms with E-state index in [0.717, 1.165) is 11.3 Å². The molecule has 28 heavy (non-hydrogen) atoms. The van der Waals surface area contributed by atoms with Crippen molar-refractivity contribution >= 4 is 11.7 Å². The van der Waals surface area contributed by atoms with Crippen LogP contribution in [0.3, 0.4) is 0 Å². The van der Waals surface area contributed by atoms with E-state index in [1.54, 1.807) is 44.6 Å². The number of carbonyl (C=O) groups excluding carboxylic acids is 1. The Hall–Kier alpha value is -3.48. The third kappa shape index (κ3) is 4.25. The molecule has 1 aromatic heterocycles. The summed E-state index contributed by atoms with van der Waals surface area (Å²) < 4.78 is 21.3. The van der Waals surface area contributed by atoms with Crippen LogP contribution in [0.4, 0.5) is 5.69 Å². The van der Waals surface area contributed by atoms with Crippen molar-refractivity contribution in [1.82, 2.24) is 5.16 Å². The monoisotopic (exact) mass is 382 g/mol. The van der Waals surface area contributed by atoms with E-state index in [-0.39, 0.29) is 6.61 Å². The average molecular weight is 382 g/mol. The Labute approximate surface area is 163 Å². The lowest BCUT2D eigenvalue weighted by atomic mass is 10.1. The predicted molar refractivity (Wildman–Crippen MR) is 105 cm³/mol. The molecule has 0 aliphatic carbocycles. The van der Waals surface area contributed by atoms with Gasteiger partial charge in [-0.15, -0.1) is 0 Å². The minimum atomic E-state index is -0.417. The van der Waals surface area contributed by atoms with Crippen molar-refractivity contribution < 1.29 is 23.5 Å². The molecule has 0 spiro atoms. The minimum absolute atomic E-state index is 0.0157. The van der Waals surface area contributed by atoms with Gasteiger partial charge >= 0.3 is 5.97 Å². The Kier molecular flexibility index (Phi) is 5.84. The SMILES string of the molecule is COc1ccc(-c2cc(COC(=O)c3cccc(N(C)C)c3)no2)cc1OC. The highest BCUT2D eigenvalue weighted by atomic mass is 16.5. The molecule has 2 aromatic carbocycles. The minimum Gasteiger partial charge on any atom is -0.493 e. The van der Waals surface area contributed by atoms with Crippen molar-refractivity contribution in [2.75, 3.05) is 33.2 Å². The van der Waals surface area contributed by atoms with E-state index < -0.39 is 5.97 Å². The first-order valence-electron chi connectivity index (χ1n) is 8.64. The molecule has 0 atom stereocenters. The van der Waals surface area contributed by atoms with Crippen LogP contribution in [-0.4, -0.2) is 39.4 Å². The number of carbonyl (C=O) groups is 1. The number of hydrogen-bond donors (Lipinski definition) is 0. The van der Waals surface area contributed by atoms with Gasteiger partial charge in [-0.1, -0.05) is 11.2 Å². The van der Waals surface area contributed by atoms with Crippen LogP contribution in [0.5, 0.6) is 11.5 Å². The largest absolute Gasteiger partial charge is 0.493 e. The molecule has 7 nitrogen and oxygen atoms in total. The van der Waals surface area contributed by atoms with E-state index in [4.69, 9.17) is 18.7 Å². The maximum Gasteiger partial charge on any atom is 0.338 e. The average Bonchev–Trinajstić information content (AvgIpc) is 3.20. The van der Waals surface area contributed by atoms with E-state index in [1.165, 1.54) is 0 Å². The molecule has 0 bridgehead atoms. The van der Waals surface area contributed by atoms with E-state index in [9.17, 15) is 4.79 Å². The standard InChI is InChI=1S/C21H22N2O5/c1-23(2)17-7-5-6-15(10-17)21(24)27-13-16-12-19(28-22-16)14-8-9-18(25-3)20(11-14)26-4/h5-12H,13H2,1-4H3. The summed E-state index contributed by atoms with van der Waals surface area (Å²) in [5.74, 6) is 1.34. The van der Waals surface area contributed by atoms with Crippen molar-refractivity contribution in [2.45, 2.75) is 6.61 Å². The molecule has 0 saturated heterocycles. The zero-order chi connectivity index (χ0) is 20.1. The maximum atomic E-state index is 12.3. The summed E-state index contributed by atoms with van der Waals surface area (Å²) in [6, 6.07) is 14.4. The number of rotatable bonds is 7. The van der Waals surface area contributed by atoms with Crippen LogP contribution in [0.25, 0.3) is 11.3 Å². The molecular weight excluding hydrogens is 360 g/mol. The number of methoxy groups -OCH3 is 2. The van der Waals surface area contributed by atoms with Gasteiger partial charge in [-0.25, -0.2) is 4.79 Å². The van der Waals surface area contributed by atoms with Gasteiger partial charge in [0.05, 0.1) is 19.8 Å². The van der Waals surface area contributed by atoms with Gasteiger partial charge in [0.1, 0.15) is 12.3 Å². The second-order valence-corrected chi connectivity index (χ2v) is 6.27. The quantitative estimate of drug-likeness (QED) is 0.576. The fourth-order valence-corrected chi connectivity index (χ4v) is 2.64. The Morgan fingerprint density at radius 1 is 1.04 bits per heavy atom. The summed E-state index contributed by atoms with van der Waals surface area (Å²) in [5, 5.41) is 3.97. The van der Waals surface area contributed by atoms with E-state index in [0.29, 0.717) is 28.5 Å². The molecule has 0 aliphatic rings. The summed E-state index contributed by atoms with van der Waals surface area (Å²) in [6.45, 7) is 0.0157. The first-order chi connectivity index (χ1) is 13.5. The number of nitrogens with zero attached hydrogens (tertiary/aromatic N) is 2. The van der Waals surface area contributed by atoms with Crippen LogP contribution in [0.15, 0.2) is 53.1 Å². The molecule has 0 fully saturated rings. The van der Waals surface area contributed by atoms with E-state index >= 15 is 0 Å². The van der Waals surface area contributed by atoms with Crippen molar-refractivity contribution in [2.24, 2.45) is 0 Å². The number of anilines is 1. The molecule has 7 heteroatoms. The lowest BCUT2D eigenvalue weighted by Crippen LogP contribution is -2.11. The summed E-state index contributed by atoms with van der Waals surface area (Å²) in [7, 11) is 6.97. The summed E-state index contributed by atoms with van der Waals surface area (Å²) in [6.07, 6.45) is 0. The second-order valence-electron chi connectivity index (χ2n) is 6.27. The lowest BCUT2D eigenvalue weighted by molar-refractivity contribution is 0.0464. The fourth-order valence-electron chi connectivity index (χ4n) is 2.64. The van der Waals surface area contributed by atoms with Gasteiger partial charge in [0.25, 0.3) is 0 Å². The van der Waals surface area contributed by atoms with Gasteiger partial charge in [0, 0.05) is 31.4 Å². The molecule has 3 aromatic rings. The second kappa shape index (κ2) is 8.47. The first kappa shape index (κ1) is 19.3. The number of aromatic nitrogens is 1. The molecule has 0 radical (unpaired) electrons. The third-order valence-electron chi connectivity index (χ3n) is 4.18. The number of esters is 1. The number of ether oxygens (including phenoxy) is 3. The van der Waals surface area contributed by atoms with Gasteiger partial charge in [0.2, 0.25) is 0 Å². The molecule has 0 saturated carbocycles. The van der Waals surface area contributed by atoms with Crippen LogP contribution in [0, 0.1) is 0 Å². The van der Waals surface area contributed by atoms with Gasteiger partial charge in [-0.05, 0) is 36.4 Å². The number of hydrogen-bond acceptors (Lipinski definition) is 7. The van der Waals surface area contributed by atoms with Crippen LogP contribution >= 0.6 is 0 Å². The molecule has 0 amide bonds. The zero-order valence-electron chi connectivity index (χ0n) is 16.3. The van der Waals surface area contributed by atoms with Gasteiger partial charge in [0.15, 0.2) is 17.3 Å². The summed E-state index contributed by atoms with van der Waals surface area (Å²) in [4.78, 5) is 14.2. The van der Waals surface area contributed by atoms with E-state index in [1.807, 2.05) is 37.2 Å². The molecule has 0 aliphatic heterocycles. The molecule has 146 valence electrons. The maximum absolute atomic E-state index is 12.3. The highest BCUT2D eigenvalue weighted by Crippen LogP contribution is 2.32. The molecular formula is C21H22N2O5. The van der Waals surface area contributed by atoms with Crippen molar-refractivity contribution in [1.29, 1.82) is 0 Å². The van der Waals surface area contributed by atoms with Crippen LogP contribution in [-0.2, 0) is 11.3 Å². The lowest BCUT2D eigenvalue weighted by Gasteiger charge is -2.13. The Morgan fingerprint density at radius 3 is 2.54 bits per heavy atom. The topological polar surface area (TPSA) is 74.0 Å². The number of benzene rings is 2.